The van der Waals surface area contributed by atoms with E-state index in [2.05, 4.69) is 29.3 Å². The van der Waals surface area contributed by atoms with Gasteiger partial charge in [-0.3, -0.25) is 0 Å². The Balaban J connectivity index is 2.10. The number of hydrogen-bond acceptors (Lipinski definition) is 5. The van der Waals surface area contributed by atoms with Crippen LogP contribution in [-0.4, -0.2) is 47.1 Å². The molecule has 0 aromatic carbocycles. The van der Waals surface area contributed by atoms with Crippen LogP contribution in [-0.2, 0) is 0 Å². The molecule has 6 heteroatoms. The molecule has 0 radical (unpaired) electrons. The normalized spacial score (nSPS) is 17.4. The zero-order valence-corrected chi connectivity index (χ0v) is 12.0. The molecule has 1 aromatic rings. The van der Waals surface area contributed by atoms with Crippen LogP contribution in [0.3, 0.4) is 0 Å². The maximum absolute atomic E-state index is 11.1. The first-order chi connectivity index (χ1) is 9.44. The highest BCUT2D eigenvalue weighted by Crippen LogP contribution is 2.33. The van der Waals surface area contributed by atoms with E-state index >= 15 is 0 Å². The molecule has 1 aliphatic rings. The molecule has 0 spiro atoms. The summed E-state index contributed by atoms with van der Waals surface area (Å²) >= 11 is 0. The molecule has 0 amide bonds. The van der Waals surface area contributed by atoms with E-state index in [-0.39, 0.29) is 16.8 Å². The molecule has 4 N–H and O–H groups in total. The predicted molar refractivity (Wildman–Crippen MR) is 79.0 cm³/mol. The number of pyridine rings is 1. The van der Waals surface area contributed by atoms with Crippen molar-refractivity contribution < 1.29 is 9.90 Å². The van der Waals surface area contributed by atoms with Crippen molar-refractivity contribution in [3.05, 3.63) is 17.8 Å². The zero-order chi connectivity index (χ0) is 14.8. The minimum Gasteiger partial charge on any atom is -0.478 e. The summed E-state index contributed by atoms with van der Waals surface area (Å²) in [7, 11) is 4.18. The van der Waals surface area contributed by atoms with Gasteiger partial charge in [0, 0.05) is 12.1 Å². The van der Waals surface area contributed by atoms with Crippen molar-refractivity contribution in [3.63, 3.8) is 0 Å². The van der Waals surface area contributed by atoms with Crippen molar-refractivity contribution >= 4 is 17.5 Å². The summed E-state index contributed by atoms with van der Waals surface area (Å²) in [5.41, 5.74) is 6.01. The molecule has 1 saturated carbocycles. The van der Waals surface area contributed by atoms with Crippen LogP contribution in [0.2, 0.25) is 0 Å². The summed E-state index contributed by atoms with van der Waals surface area (Å²) in [5, 5.41) is 12.3. The van der Waals surface area contributed by atoms with Gasteiger partial charge < -0.3 is 21.1 Å². The summed E-state index contributed by atoms with van der Waals surface area (Å²) in [6, 6.07) is 1.50. The number of carboxylic acids is 1. The quantitative estimate of drug-likeness (QED) is 0.758. The number of hydrogen-bond donors (Lipinski definition) is 3. The van der Waals surface area contributed by atoms with Gasteiger partial charge in [-0.1, -0.05) is 12.8 Å². The van der Waals surface area contributed by atoms with Gasteiger partial charge in [0.15, 0.2) is 0 Å². The van der Waals surface area contributed by atoms with Crippen LogP contribution in [0, 0.1) is 0 Å². The number of anilines is 2. The Kier molecular flexibility index (Phi) is 4.13. The number of carboxylic acid groups (broad SMARTS) is 1. The molecule has 0 saturated heterocycles. The fourth-order valence-electron chi connectivity index (χ4n) is 2.82. The van der Waals surface area contributed by atoms with Crippen molar-refractivity contribution in [3.8, 4) is 0 Å². The predicted octanol–water partition coefficient (Wildman–Crippen LogP) is 1.65. The fraction of sp³-hybridized carbons (Fsp3) is 0.571. The fourth-order valence-corrected chi connectivity index (χ4v) is 2.82. The summed E-state index contributed by atoms with van der Waals surface area (Å²) in [6.45, 7) is 0.760. The average Bonchev–Trinajstić information content (AvgIpc) is 2.87. The van der Waals surface area contributed by atoms with Gasteiger partial charge >= 0.3 is 5.97 Å². The largest absolute Gasteiger partial charge is 0.478 e. The molecule has 6 nitrogen and oxygen atoms in total. The molecule has 2 rings (SSSR count). The lowest BCUT2D eigenvalue weighted by molar-refractivity contribution is 0.0698. The second-order valence-corrected chi connectivity index (χ2v) is 5.64. The number of nitrogens with one attached hydrogen (secondary N) is 1. The van der Waals surface area contributed by atoms with E-state index in [1.165, 1.54) is 25.1 Å². The van der Waals surface area contributed by atoms with Crippen LogP contribution in [0.25, 0.3) is 0 Å². The Morgan fingerprint density at radius 1 is 1.50 bits per heavy atom. The van der Waals surface area contributed by atoms with Gasteiger partial charge in [-0.2, -0.15) is 0 Å². The molecule has 1 fully saturated rings. The third-order valence-corrected chi connectivity index (χ3v) is 4.25. The number of rotatable bonds is 5. The number of nitrogens with zero attached hydrogens (tertiary/aromatic N) is 2. The lowest BCUT2D eigenvalue weighted by atomic mass is 9.96. The SMILES string of the molecule is CN(C)C1(CNc2cc(C(=O)O)c(N)cn2)CCCC1. The Hall–Kier alpha value is -1.82. The Labute approximate surface area is 119 Å². The molecule has 1 aromatic heterocycles. The van der Waals surface area contributed by atoms with Gasteiger partial charge in [0.25, 0.3) is 0 Å². The van der Waals surface area contributed by atoms with Crippen LogP contribution in [0.1, 0.15) is 36.0 Å². The number of likely N-dealkylation sites (N-methyl/N-ethyl adjacent to an activating group) is 1. The summed E-state index contributed by atoms with van der Waals surface area (Å²) in [5.74, 6) is -0.471. The lowest BCUT2D eigenvalue weighted by Gasteiger charge is -2.36. The van der Waals surface area contributed by atoms with E-state index in [9.17, 15) is 4.79 Å². The van der Waals surface area contributed by atoms with E-state index in [1.54, 1.807) is 0 Å². The summed E-state index contributed by atoms with van der Waals surface area (Å²) in [6.07, 6.45) is 6.15. The summed E-state index contributed by atoms with van der Waals surface area (Å²) < 4.78 is 0. The van der Waals surface area contributed by atoms with Gasteiger partial charge in [0.05, 0.1) is 17.4 Å². The standard InChI is InChI=1S/C14H22N4O2/c1-18(2)14(5-3-4-6-14)9-17-12-7-10(13(19)20)11(15)8-16-12/h7-8H,3-6,9,15H2,1-2H3,(H,16,17)(H,19,20). The molecular formula is C14H22N4O2. The molecule has 0 aliphatic heterocycles. The summed E-state index contributed by atoms with van der Waals surface area (Å²) in [4.78, 5) is 17.5. The Morgan fingerprint density at radius 2 is 2.15 bits per heavy atom. The second kappa shape index (κ2) is 5.66. The van der Waals surface area contributed by atoms with Crippen molar-refractivity contribution in [1.29, 1.82) is 0 Å². The van der Waals surface area contributed by atoms with Gasteiger partial charge in [-0.15, -0.1) is 0 Å². The van der Waals surface area contributed by atoms with E-state index in [4.69, 9.17) is 10.8 Å². The van der Waals surface area contributed by atoms with Crippen molar-refractivity contribution in [2.45, 2.75) is 31.2 Å². The monoisotopic (exact) mass is 278 g/mol. The highest BCUT2D eigenvalue weighted by atomic mass is 16.4. The van der Waals surface area contributed by atoms with Crippen molar-refractivity contribution in [2.24, 2.45) is 0 Å². The van der Waals surface area contributed by atoms with Gasteiger partial charge in [-0.25, -0.2) is 9.78 Å². The van der Waals surface area contributed by atoms with Gasteiger partial charge in [0.1, 0.15) is 5.82 Å². The van der Waals surface area contributed by atoms with E-state index < -0.39 is 5.97 Å². The van der Waals surface area contributed by atoms with Crippen LogP contribution >= 0.6 is 0 Å². The van der Waals surface area contributed by atoms with Crippen molar-refractivity contribution in [1.82, 2.24) is 9.88 Å². The van der Waals surface area contributed by atoms with Crippen LogP contribution in [0.4, 0.5) is 11.5 Å². The minimum absolute atomic E-state index is 0.0906. The second-order valence-electron chi connectivity index (χ2n) is 5.64. The van der Waals surface area contributed by atoms with Gasteiger partial charge in [0.2, 0.25) is 0 Å². The third kappa shape index (κ3) is 2.85. The number of nitrogens with two attached hydrogens (primary N) is 1. The Bertz CT molecular complexity index is 496. The minimum atomic E-state index is -1.03. The first-order valence-electron chi connectivity index (χ1n) is 6.85. The van der Waals surface area contributed by atoms with Gasteiger partial charge in [-0.05, 0) is 33.0 Å². The lowest BCUT2D eigenvalue weighted by Crippen LogP contribution is -2.47. The van der Waals surface area contributed by atoms with E-state index in [1.807, 2.05) is 0 Å². The maximum Gasteiger partial charge on any atom is 0.337 e. The number of aromatic carboxylic acids is 1. The van der Waals surface area contributed by atoms with Crippen molar-refractivity contribution in [2.75, 3.05) is 31.7 Å². The molecule has 20 heavy (non-hydrogen) atoms. The smallest absolute Gasteiger partial charge is 0.337 e. The molecule has 0 bridgehead atoms. The number of aromatic nitrogens is 1. The molecule has 0 unspecified atom stereocenters. The molecular weight excluding hydrogens is 256 g/mol. The first-order valence-corrected chi connectivity index (χ1v) is 6.85. The van der Waals surface area contributed by atoms with Crippen LogP contribution in [0.5, 0.6) is 0 Å². The highest BCUT2D eigenvalue weighted by molar-refractivity contribution is 5.94. The molecule has 110 valence electrons. The van der Waals surface area contributed by atoms with E-state index in [0.717, 1.165) is 19.4 Å². The first kappa shape index (κ1) is 14.6. The zero-order valence-electron chi connectivity index (χ0n) is 12.0. The molecule has 0 atom stereocenters. The maximum atomic E-state index is 11.1. The van der Waals surface area contributed by atoms with Crippen LogP contribution in [0.15, 0.2) is 12.3 Å². The molecule has 1 heterocycles. The number of carbonyl (C=O) groups is 1. The number of nitrogen functional groups attached to an aromatic ring is 1. The molecule has 1 aliphatic carbocycles. The average molecular weight is 278 g/mol. The Morgan fingerprint density at radius 3 is 2.70 bits per heavy atom. The van der Waals surface area contributed by atoms with E-state index in [0.29, 0.717) is 5.82 Å². The third-order valence-electron chi connectivity index (χ3n) is 4.25. The highest BCUT2D eigenvalue weighted by Gasteiger charge is 2.35. The topological polar surface area (TPSA) is 91.5 Å². The van der Waals surface area contributed by atoms with Crippen LogP contribution < -0.4 is 11.1 Å².